The normalized spacial score (nSPS) is 19.9. The Bertz CT molecular complexity index is 393. The van der Waals surface area contributed by atoms with Crippen molar-refractivity contribution in [2.75, 3.05) is 13.1 Å². The quantitative estimate of drug-likeness (QED) is 0.803. The fourth-order valence-corrected chi connectivity index (χ4v) is 2.35. The Morgan fingerprint density at radius 3 is 2.88 bits per heavy atom. The number of hydrogen-bond acceptors (Lipinski definition) is 3. The van der Waals surface area contributed by atoms with E-state index in [2.05, 4.69) is 10.2 Å². The van der Waals surface area contributed by atoms with Gasteiger partial charge in [0.1, 0.15) is 0 Å². The number of nitrogens with zero attached hydrogens (tertiary/aromatic N) is 2. The van der Waals surface area contributed by atoms with Crippen molar-refractivity contribution < 1.29 is 4.79 Å². The number of carbonyl (C=O) groups excluding carboxylic acids is 1. The maximum absolute atomic E-state index is 11.9. The lowest BCUT2D eigenvalue weighted by atomic mass is 10.1. The number of likely N-dealkylation sites (tertiary alicyclic amines) is 1. The minimum absolute atomic E-state index is 0.163. The van der Waals surface area contributed by atoms with Gasteiger partial charge in [-0.2, -0.15) is 5.10 Å². The first-order chi connectivity index (χ1) is 8.08. The Morgan fingerprint density at radius 1 is 1.59 bits per heavy atom. The number of aromatic amines is 1. The van der Waals surface area contributed by atoms with E-state index >= 15 is 0 Å². The molecule has 2 heterocycles. The molecule has 1 aliphatic heterocycles. The summed E-state index contributed by atoms with van der Waals surface area (Å²) in [6, 6.07) is 0.163. The van der Waals surface area contributed by atoms with Gasteiger partial charge in [0, 0.05) is 31.2 Å². The Labute approximate surface area is 101 Å². The number of rotatable bonds is 3. The van der Waals surface area contributed by atoms with Crippen LogP contribution in [0.25, 0.3) is 0 Å². The fraction of sp³-hybridized carbons (Fsp3) is 0.667. The zero-order valence-electron chi connectivity index (χ0n) is 10.5. The van der Waals surface area contributed by atoms with Crippen LogP contribution in [0.15, 0.2) is 0 Å². The second-order valence-electron chi connectivity index (χ2n) is 4.80. The van der Waals surface area contributed by atoms with E-state index in [9.17, 15) is 4.79 Å². The van der Waals surface area contributed by atoms with E-state index in [1.165, 1.54) is 5.56 Å². The van der Waals surface area contributed by atoms with Crippen LogP contribution in [0.3, 0.4) is 0 Å². The molecular weight excluding hydrogens is 216 g/mol. The van der Waals surface area contributed by atoms with Crippen molar-refractivity contribution in [1.29, 1.82) is 0 Å². The maximum atomic E-state index is 11.9. The Kier molecular flexibility index (Phi) is 3.47. The van der Waals surface area contributed by atoms with Gasteiger partial charge in [-0.25, -0.2) is 0 Å². The zero-order chi connectivity index (χ0) is 12.4. The topological polar surface area (TPSA) is 75.0 Å². The van der Waals surface area contributed by atoms with E-state index in [0.717, 1.165) is 30.8 Å². The number of aryl methyl sites for hydroxylation is 2. The van der Waals surface area contributed by atoms with Crippen molar-refractivity contribution >= 4 is 5.91 Å². The first kappa shape index (κ1) is 12.1. The second-order valence-corrected chi connectivity index (χ2v) is 4.80. The van der Waals surface area contributed by atoms with Gasteiger partial charge >= 0.3 is 0 Å². The lowest BCUT2D eigenvalue weighted by Crippen LogP contribution is -2.32. The molecule has 5 heteroatoms. The van der Waals surface area contributed by atoms with Crippen LogP contribution in [0.2, 0.25) is 0 Å². The molecule has 17 heavy (non-hydrogen) atoms. The molecule has 2 rings (SSSR count). The van der Waals surface area contributed by atoms with E-state index in [1.807, 2.05) is 18.7 Å². The standard InChI is InChI=1S/C12H20N4O/c1-8-11(9(2)15-14-8)3-4-12(17)16-6-5-10(13)7-16/h10H,3-7,13H2,1-2H3,(H,14,15)/t10-/m1/s1. The molecule has 0 radical (unpaired) electrons. The van der Waals surface area contributed by atoms with Crippen molar-refractivity contribution in [1.82, 2.24) is 15.1 Å². The average molecular weight is 236 g/mol. The minimum Gasteiger partial charge on any atom is -0.341 e. The van der Waals surface area contributed by atoms with Gasteiger partial charge in [0.2, 0.25) is 5.91 Å². The van der Waals surface area contributed by atoms with Crippen LogP contribution in [-0.4, -0.2) is 40.1 Å². The third-order valence-electron chi connectivity index (χ3n) is 3.45. The van der Waals surface area contributed by atoms with Crippen molar-refractivity contribution in [3.05, 3.63) is 17.0 Å². The van der Waals surface area contributed by atoms with E-state index in [-0.39, 0.29) is 11.9 Å². The van der Waals surface area contributed by atoms with E-state index in [1.54, 1.807) is 0 Å². The van der Waals surface area contributed by atoms with Gasteiger partial charge in [-0.05, 0) is 32.3 Å². The van der Waals surface area contributed by atoms with Gasteiger partial charge in [0.05, 0.1) is 5.69 Å². The molecule has 0 unspecified atom stereocenters. The summed E-state index contributed by atoms with van der Waals surface area (Å²) in [6.07, 6.45) is 2.24. The van der Waals surface area contributed by atoms with Crippen LogP contribution in [0.1, 0.15) is 29.8 Å². The highest BCUT2D eigenvalue weighted by molar-refractivity contribution is 5.76. The summed E-state index contributed by atoms with van der Waals surface area (Å²) >= 11 is 0. The molecule has 1 atom stereocenters. The minimum atomic E-state index is 0.163. The van der Waals surface area contributed by atoms with Gasteiger partial charge in [-0.3, -0.25) is 9.89 Å². The van der Waals surface area contributed by atoms with Crippen molar-refractivity contribution in [2.24, 2.45) is 5.73 Å². The van der Waals surface area contributed by atoms with Gasteiger partial charge in [-0.15, -0.1) is 0 Å². The molecule has 1 aromatic heterocycles. The van der Waals surface area contributed by atoms with E-state index in [0.29, 0.717) is 13.0 Å². The van der Waals surface area contributed by atoms with Crippen molar-refractivity contribution in [3.63, 3.8) is 0 Å². The predicted octanol–water partition coefficient (Wildman–Crippen LogP) is 0.519. The largest absolute Gasteiger partial charge is 0.341 e. The molecule has 1 amide bonds. The summed E-state index contributed by atoms with van der Waals surface area (Å²) in [6.45, 7) is 5.48. The fourth-order valence-electron chi connectivity index (χ4n) is 2.35. The average Bonchev–Trinajstić information content (AvgIpc) is 2.84. The molecule has 1 saturated heterocycles. The molecule has 5 nitrogen and oxygen atoms in total. The van der Waals surface area contributed by atoms with Gasteiger partial charge in [-0.1, -0.05) is 0 Å². The van der Waals surface area contributed by atoms with E-state index < -0.39 is 0 Å². The van der Waals surface area contributed by atoms with Crippen molar-refractivity contribution in [3.8, 4) is 0 Å². The molecule has 1 aromatic rings. The molecule has 0 bridgehead atoms. The third-order valence-corrected chi connectivity index (χ3v) is 3.45. The molecular formula is C12H20N4O. The molecule has 3 N–H and O–H groups in total. The van der Waals surface area contributed by atoms with Crippen LogP contribution in [0.5, 0.6) is 0 Å². The molecule has 0 spiro atoms. The van der Waals surface area contributed by atoms with Crippen molar-refractivity contribution in [2.45, 2.75) is 39.2 Å². The summed E-state index contributed by atoms with van der Waals surface area (Å²) < 4.78 is 0. The monoisotopic (exact) mass is 236 g/mol. The second kappa shape index (κ2) is 4.87. The highest BCUT2D eigenvalue weighted by Crippen LogP contribution is 2.14. The van der Waals surface area contributed by atoms with Gasteiger partial charge in [0.25, 0.3) is 0 Å². The number of carbonyl (C=O) groups is 1. The molecule has 0 aromatic carbocycles. The zero-order valence-corrected chi connectivity index (χ0v) is 10.5. The van der Waals surface area contributed by atoms with Gasteiger partial charge in [0.15, 0.2) is 0 Å². The third kappa shape index (κ3) is 2.66. The highest BCUT2D eigenvalue weighted by Gasteiger charge is 2.23. The SMILES string of the molecule is Cc1n[nH]c(C)c1CCC(=O)N1CC[C@@H](N)C1. The van der Waals surface area contributed by atoms with Crippen LogP contribution in [0, 0.1) is 13.8 Å². The summed E-state index contributed by atoms with van der Waals surface area (Å²) in [5.74, 6) is 0.206. The number of amides is 1. The number of nitrogens with one attached hydrogen (secondary N) is 1. The summed E-state index contributed by atoms with van der Waals surface area (Å²) in [5, 5.41) is 7.08. The maximum Gasteiger partial charge on any atom is 0.222 e. The van der Waals surface area contributed by atoms with Gasteiger partial charge < -0.3 is 10.6 Å². The molecule has 1 fully saturated rings. The van der Waals surface area contributed by atoms with E-state index in [4.69, 9.17) is 5.73 Å². The Morgan fingerprint density at radius 2 is 2.35 bits per heavy atom. The van der Waals surface area contributed by atoms with Crippen LogP contribution >= 0.6 is 0 Å². The molecule has 0 aliphatic carbocycles. The molecule has 1 aliphatic rings. The first-order valence-electron chi connectivity index (χ1n) is 6.11. The van der Waals surface area contributed by atoms with Crippen LogP contribution < -0.4 is 5.73 Å². The van der Waals surface area contributed by atoms with Crippen LogP contribution in [0.4, 0.5) is 0 Å². The first-order valence-corrected chi connectivity index (χ1v) is 6.11. The summed E-state index contributed by atoms with van der Waals surface area (Å²) in [5.41, 5.74) is 9.02. The summed E-state index contributed by atoms with van der Waals surface area (Å²) in [7, 11) is 0. The molecule has 0 saturated carbocycles. The van der Waals surface area contributed by atoms with Crippen LogP contribution in [-0.2, 0) is 11.2 Å². The summed E-state index contributed by atoms with van der Waals surface area (Å²) in [4.78, 5) is 13.8. The number of aromatic nitrogens is 2. The lowest BCUT2D eigenvalue weighted by Gasteiger charge is -2.15. The smallest absolute Gasteiger partial charge is 0.222 e. The lowest BCUT2D eigenvalue weighted by molar-refractivity contribution is -0.130. The Balaban J connectivity index is 1.88. The Hall–Kier alpha value is -1.36. The molecule has 94 valence electrons. The highest BCUT2D eigenvalue weighted by atomic mass is 16.2. The predicted molar refractivity (Wildman–Crippen MR) is 65.6 cm³/mol. The number of H-pyrrole nitrogens is 1. The number of nitrogens with two attached hydrogens (primary N) is 1. The number of hydrogen-bond donors (Lipinski definition) is 2.